The normalized spacial score (nSPS) is 16.4. The number of thiophene rings is 1. The van der Waals surface area contributed by atoms with E-state index in [1.54, 1.807) is 24.4 Å². The van der Waals surface area contributed by atoms with Crippen LogP contribution in [0, 0.1) is 11.7 Å². The van der Waals surface area contributed by atoms with Gasteiger partial charge in [0, 0.05) is 70.6 Å². The fraction of sp³-hybridized carbons (Fsp3) is 0.387. The van der Waals surface area contributed by atoms with E-state index < -0.39 is 5.82 Å². The Labute approximate surface area is 237 Å². The van der Waals surface area contributed by atoms with E-state index in [4.69, 9.17) is 14.8 Å². The van der Waals surface area contributed by atoms with Crippen molar-refractivity contribution in [3.05, 3.63) is 71.8 Å². The summed E-state index contributed by atoms with van der Waals surface area (Å²) in [5.74, 6) is 0.875. The molecule has 0 radical (unpaired) electrons. The summed E-state index contributed by atoms with van der Waals surface area (Å²) in [6.07, 6.45) is 6.70. The number of aliphatic hydroxyl groups excluding tert-OH is 1. The standard InChI is InChI=1S/C31H33FN4O3S/c32-25-17-22(16-24(38)15-21-1-2-21)4-6-28(25)39-29-7-8-33-27-18-30(40-31(27)29)26-5-3-23(19-34-26)20-36-11-9-35(10-12-36)13-14-37/h3-8,17-19,21,37H,1-2,9-16,20H2. The molecule has 3 aromatic heterocycles. The predicted octanol–water partition coefficient (Wildman–Crippen LogP) is 5.31. The van der Waals surface area contributed by atoms with E-state index in [-0.39, 0.29) is 24.6 Å². The number of hydrogen-bond donors (Lipinski definition) is 1. The van der Waals surface area contributed by atoms with Crippen LogP contribution in [0.3, 0.4) is 0 Å². The number of benzene rings is 1. The van der Waals surface area contributed by atoms with Crippen LogP contribution in [0.1, 0.15) is 30.4 Å². The number of carbonyl (C=O) groups excluding carboxylic acids is 1. The highest BCUT2D eigenvalue weighted by Crippen LogP contribution is 2.39. The van der Waals surface area contributed by atoms with E-state index in [9.17, 15) is 9.18 Å². The number of aromatic nitrogens is 2. The molecule has 9 heteroatoms. The Kier molecular flexibility index (Phi) is 8.15. The van der Waals surface area contributed by atoms with Crippen molar-refractivity contribution in [1.29, 1.82) is 0 Å². The van der Waals surface area contributed by atoms with Gasteiger partial charge in [0.05, 0.1) is 27.4 Å². The smallest absolute Gasteiger partial charge is 0.166 e. The van der Waals surface area contributed by atoms with Crippen molar-refractivity contribution in [2.24, 2.45) is 5.92 Å². The van der Waals surface area contributed by atoms with Gasteiger partial charge < -0.3 is 9.84 Å². The molecule has 0 amide bonds. The van der Waals surface area contributed by atoms with Crippen LogP contribution in [0.5, 0.6) is 11.5 Å². The van der Waals surface area contributed by atoms with E-state index >= 15 is 0 Å². The minimum Gasteiger partial charge on any atom is -0.453 e. The number of nitrogens with zero attached hydrogens (tertiary/aromatic N) is 4. The Morgan fingerprint density at radius 2 is 1.80 bits per heavy atom. The van der Waals surface area contributed by atoms with Crippen LogP contribution in [-0.2, 0) is 17.8 Å². The highest BCUT2D eigenvalue weighted by atomic mass is 32.1. The van der Waals surface area contributed by atoms with Gasteiger partial charge in [0.25, 0.3) is 0 Å². The van der Waals surface area contributed by atoms with E-state index in [0.29, 0.717) is 23.7 Å². The molecule has 1 aliphatic carbocycles. The van der Waals surface area contributed by atoms with Gasteiger partial charge in [0.15, 0.2) is 11.6 Å². The second kappa shape index (κ2) is 12.1. The second-order valence-corrected chi connectivity index (χ2v) is 11.8. The molecule has 6 rings (SSSR count). The molecular weight excluding hydrogens is 527 g/mol. The van der Waals surface area contributed by atoms with Gasteiger partial charge in [-0.2, -0.15) is 0 Å². The molecule has 4 aromatic rings. The lowest BCUT2D eigenvalue weighted by atomic mass is 10.0. The average molecular weight is 561 g/mol. The SMILES string of the molecule is O=C(Cc1ccc(Oc2ccnc3cc(-c4ccc(CN5CCN(CCO)CC5)cn4)sc23)c(F)c1)CC1CC1. The highest BCUT2D eigenvalue weighted by Gasteiger charge is 2.24. The number of ketones is 1. The number of rotatable bonds is 11. The topological polar surface area (TPSA) is 78.8 Å². The third-order valence-electron chi connectivity index (χ3n) is 7.57. The number of pyridine rings is 2. The van der Waals surface area contributed by atoms with E-state index in [1.807, 2.05) is 18.3 Å². The first kappa shape index (κ1) is 27.0. The number of ether oxygens (including phenoxy) is 1. The van der Waals surface area contributed by atoms with Gasteiger partial charge in [-0.3, -0.25) is 24.6 Å². The predicted molar refractivity (Wildman–Crippen MR) is 154 cm³/mol. The van der Waals surface area contributed by atoms with E-state index in [0.717, 1.165) is 78.5 Å². The maximum Gasteiger partial charge on any atom is 0.166 e. The lowest BCUT2D eigenvalue weighted by molar-refractivity contribution is -0.118. The largest absolute Gasteiger partial charge is 0.453 e. The van der Waals surface area contributed by atoms with Gasteiger partial charge >= 0.3 is 0 Å². The average Bonchev–Trinajstić information content (AvgIpc) is 3.65. The quantitative estimate of drug-likeness (QED) is 0.266. The van der Waals surface area contributed by atoms with Crippen molar-refractivity contribution in [1.82, 2.24) is 19.8 Å². The highest BCUT2D eigenvalue weighted by molar-refractivity contribution is 7.22. The van der Waals surface area contributed by atoms with Crippen LogP contribution in [0.15, 0.2) is 54.9 Å². The lowest BCUT2D eigenvalue weighted by Gasteiger charge is -2.34. The molecule has 2 fully saturated rings. The van der Waals surface area contributed by atoms with Crippen LogP contribution in [0.4, 0.5) is 4.39 Å². The molecule has 7 nitrogen and oxygen atoms in total. The first-order chi connectivity index (χ1) is 19.5. The minimum atomic E-state index is -0.481. The number of β-amino-alcohol motifs (C(OH)–C–C–N with tert-alkyl or cyclic N) is 1. The lowest BCUT2D eigenvalue weighted by Crippen LogP contribution is -2.46. The molecule has 0 spiro atoms. The van der Waals surface area contributed by atoms with Gasteiger partial charge in [-0.25, -0.2) is 4.39 Å². The van der Waals surface area contributed by atoms with Crippen molar-refractivity contribution in [3.8, 4) is 22.1 Å². The van der Waals surface area contributed by atoms with Gasteiger partial charge in [0.1, 0.15) is 11.5 Å². The number of aliphatic hydroxyl groups is 1. The molecule has 1 aromatic carbocycles. The summed E-state index contributed by atoms with van der Waals surface area (Å²) in [7, 11) is 0. The first-order valence-electron chi connectivity index (χ1n) is 13.9. The van der Waals surface area contributed by atoms with Crippen LogP contribution < -0.4 is 4.74 Å². The number of piperazine rings is 1. The molecule has 1 N–H and O–H groups in total. The Hall–Kier alpha value is -3.24. The summed E-state index contributed by atoms with van der Waals surface area (Å²) in [6.45, 7) is 5.71. The molecular formula is C31H33FN4O3S. The molecule has 2 aliphatic rings. The maximum absolute atomic E-state index is 14.9. The number of carbonyl (C=O) groups is 1. The maximum atomic E-state index is 14.9. The molecule has 0 unspecified atom stereocenters. The zero-order valence-corrected chi connectivity index (χ0v) is 23.2. The number of halogens is 1. The Morgan fingerprint density at radius 1 is 1.00 bits per heavy atom. The van der Waals surface area contributed by atoms with Gasteiger partial charge in [-0.15, -0.1) is 11.3 Å². The van der Waals surface area contributed by atoms with Crippen molar-refractivity contribution in [2.75, 3.05) is 39.3 Å². The van der Waals surface area contributed by atoms with Crippen molar-refractivity contribution in [2.45, 2.75) is 32.2 Å². The summed E-state index contributed by atoms with van der Waals surface area (Å²) in [5, 5.41) is 9.13. The third-order valence-corrected chi connectivity index (χ3v) is 8.73. The molecule has 208 valence electrons. The number of Topliss-reactive ketones (excluding diaryl/α,β-unsaturated/α-hetero) is 1. The fourth-order valence-corrected chi connectivity index (χ4v) is 6.20. The van der Waals surface area contributed by atoms with Crippen LogP contribution in [-0.4, -0.2) is 70.0 Å². The summed E-state index contributed by atoms with van der Waals surface area (Å²) < 4.78 is 21.7. The van der Waals surface area contributed by atoms with Crippen LogP contribution in [0.2, 0.25) is 0 Å². The van der Waals surface area contributed by atoms with E-state index in [1.165, 1.54) is 17.4 Å². The van der Waals surface area contributed by atoms with Gasteiger partial charge in [0.2, 0.25) is 0 Å². The number of hydrogen-bond acceptors (Lipinski definition) is 8. The van der Waals surface area contributed by atoms with Gasteiger partial charge in [-0.05, 0) is 54.2 Å². The molecule has 1 saturated heterocycles. The zero-order valence-electron chi connectivity index (χ0n) is 22.4. The van der Waals surface area contributed by atoms with Crippen molar-refractivity contribution >= 4 is 27.3 Å². The Morgan fingerprint density at radius 3 is 2.52 bits per heavy atom. The third kappa shape index (κ3) is 6.55. The summed E-state index contributed by atoms with van der Waals surface area (Å²) >= 11 is 1.52. The molecule has 4 heterocycles. The molecule has 1 saturated carbocycles. The Balaban J connectivity index is 1.12. The first-order valence-corrected chi connectivity index (χ1v) is 14.7. The Bertz CT molecular complexity index is 1480. The molecule has 0 bridgehead atoms. The minimum absolute atomic E-state index is 0.125. The number of fused-ring (bicyclic) bond motifs is 1. The van der Waals surface area contributed by atoms with Crippen LogP contribution in [0.25, 0.3) is 20.8 Å². The second-order valence-electron chi connectivity index (χ2n) is 10.8. The van der Waals surface area contributed by atoms with E-state index in [2.05, 4.69) is 20.9 Å². The molecule has 1 aliphatic heterocycles. The summed E-state index contributed by atoms with van der Waals surface area (Å²) in [4.78, 5) is 27.1. The summed E-state index contributed by atoms with van der Waals surface area (Å²) in [5.41, 5.74) is 3.46. The van der Waals surface area contributed by atoms with Crippen molar-refractivity contribution in [3.63, 3.8) is 0 Å². The monoisotopic (exact) mass is 560 g/mol. The fourth-order valence-electron chi connectivity index (χ4n) is 5.16. The summed E-state index contributed by atoms with van der Waals surface area (Å²) in [6, 6.07) is 12.6. The van der Waals surface area contributed by atoms with Crippen LogP contribution >= 0.6 is 11.3 Å². The van der Waals surface area contributed by atoms with Gasteiger partial charge in [-0.1, -0.05) is 12.1 Å². The molecule has 40 heavy (non-hydrogen) atoms. The molecule has 0 atom stereocenters. The zero-order chi connectivity index (χ0) is 27.5. The van der Waals surface area contributed by atoms with Crippen molar-refractivity contribution < 1.29 is 19.0 Å².